The van der Waals surface area contributed by atoms with Crippen molar-refractivity contribution in [2.75, 3.05) is 6.54 Å². The smallest absolute Gasteiger partial charge is 0.252 e. The number of thiophene rings is 1. The minimum absolute atomic E-state index is 0.0265. The van der Waals surface area contributed by atoms with Gasteiger partial charge in [0, 0.05) is 34.3 Å². The van der Waals surface area contributed by atoms with E-state index >= 15 is 0 Å². The zero-order chi connectivity index (χ0) is 20.5. The summed E-state index contributed by atoms with van der Waals surface area (Å²) in [5.74, 6) is 0.00404. The van der Waals surface area contributed by atoms with E-state index in [1.165, 1.54) is 36.6 Å². The van der Waals surface area contributed by atoms with Crippen molar-refractivity contribution in [2.24, 2.45) is 0 Å². The minimum atomic E-state index is -0.351. The maximum Gasteiger partial charge on any atom is 0.252 e. The standard InChI is InChI=1S/C22H19FN2O3S/c1-12-3-4-14(10-24-12)22(27)25-11-17-8-15-7-16(23)9-18(21(15)28-17)20-6-5-19(29-20)13(2)26/h3-7,9-10,17H,8,11H2,1-2H3,(H,25,27). The molecule has 3 heterocycles. The molecule has 29 heavy (non-hydrogen) atoms. The topological polar surface area (TPSA) is 68.3 Å². The van der Waals surface area contributed by atoms with Gasteiger partial charge in [-0.25, -0.2) is 4.39 Å². The van der Waals surface area contributed by atoms with Crippen LogP contribution in [0.3, 0.4) is 0 Å². The molecule has 0 radical (unpaired) electrons. The monoisotopic (exact) mass is 410 g/mol. The normalized spacial score (nSPS) is 14.9. The van der Waals surface area contributed by atoms with Gasteiger partial charge in [0.2, 0.25) is 0 Å². The van der Waals surface area contributed by atoms with Gasteiger partial charge < -0.3 is 10.1 Å². The summed E-state index contributed by atoms with van der Waals surface area (Å²) < 4.78 is 20.2. The lowest BCUT2D eigenvalue weighted by molar-refractivity contribution is 0.0932. The number of pyridine rings is 1. The van der Waals surface area contributed by atoms with Gasteiger partial charge in [-0.3, -0.25) is 14.6 Å². The first-order valence-electron chi connectivity index (χ1n) is 9.22. The number of hydrogen-bond acceptors (Lipinski definition) is 5. The number of aryl methyl sites for hydroxylation is 1. The number of halogens is 1. The third-order valence-corrected chi connectivity index (χ3v) is 5.96. The fourth-order valence-electron chi connectivity index (χ4n) is 3.27. The predicted octanol–water partition coefficient (Wildman–Crippen LogP) is 4.19. The van der Waals surface area contributed by atoms with Crippen LogP contribution in [0.4, 0.5) is 4.39 Å². The van der Waals surface area contributed by atoms with E-state index in [-0.39, 0.29) is 23.6 Å². The highest BCUT2D eigenvalue weighted by atomic mass is 32.1. The minimum Gasteiger partial charge on any atom is -0.487 e. The van der Waals surface area contributed by atoms with Gasteiger partial charge in [0.05, 0.1) is 17.0 Å². The molecule has 1 aliphatic rings. The average Bonchev–Trinajstić information content (AvgIpc) is 3.33. The lowest BCUT2D eigenvalue weighted by atomic mass is 10.0. The van der Waals surface area contributed by atoms with Gasteiger partial charge in [-0.1, -0.05) is 0 Å². The summed E-state index contributed by atoms with van der Waals surface area (Å²) in [6.45, 7) is 3.66. The molecule has 0 aliphatic carbocycles. The number of ketones is 1. The molecule has 2 aromatic heterocycles. The number of nitrogens with one attached hydrogen (secondary N) is 1. The van der Waals surface area contributed by atoms with E-state index in [9.17, 15) is 14.0 Å². The Labute approximate surface area is 171 Å². The van der Waals surface area contributed by atoms with Crippen LogP contribution >= 0.6 is 11.3 Å². The summed E-state index contributed by atoms with van der Waals surface area (Å²) in [5.41, 5.74) is 2.71. The number of carbonyl (C=O) groups excluding carboxylic acids is 2. The fraction of sp³-hybridized carbons (Fsp3) is 0.227. The summed E-state index contributed by atoms with van der Waals surface area (Å²) in [6.07, 6.45) is 1.74. The maximum absolute atomic E-state index is 14.2. The molecule has 1 unspecified atom stereocenters. The van der Waals surface area contributed by atoms with E-state index in [0.29, 0.717) is 34.7 Å². The summed E-state index contributed by atoms with van der Waals surface area (Å²) in [4.78, 5) is 29.4. The lowest BCUT2D eigenvalue weighted by Gasteiger charge is -2.13. The molecule has 0 saturated carbocycles. The van der Waals surface area contributed by atoms with E-state index in [4.69, 9.17) is 4.74 Å². The quantitative estimate of drug-likeness (QED) is 0.641. The Morgan fingerprint density at radius 2 is 2.10 bits per heavy atom. The molecule has 1 atom stereocenters. The number of aromatic nitrogens is 1. The van der Waals surface area contributed by atoms with E-state index in [1.54, 1.807) is 24.3 Å². The lowest BCUT2D eigenvalue weighted by Crippen LogP contribution is -2.34. The Bertz CT molecular complexity index is 1090. The largest absolute Gasteiger partial charge is 0.487 e. The Hall–Kier alpha value is -3.06. The molecule has 7 heteroatoms. The second kappa shape index (κ2) is 7.75. The molecule has 0 spiro atoms. The van der Waals surface area contributed by atoms with Crippen LogP contribution in [0, 0.1) is 12.7 Å². The number of benzene rings is 1. The fourth-order valence-corrected chi connectivity index (χ4v) is 4.19. The Balaban J connectivity index is 1.49. The highest BCUT2D eigenvalue weighted by molar-refractivity contribution is 7.17. The first kappa shape index (κ1) is 19.3. The number of amides is 1. The first-order chi connectivity index (χ1) is 13.9. The zero-order valence-electron chi connectivity index (χ0n) is 16.0. The van der Waals surface area contributed by atoms with Crippen LogP contribution in [0.1, 0.15) is 38.2 Å². The third kappa shape index (κ3) is 4.05. The van der Waals surface area contributed by atoms with Crippen LogP contribution in [-0.4, -0.2) is 29.3 Å². The molecule has 148 valence electrons. The summed E-state index contributed by atoms with van der Waals surface area (Å²) in [5, 5.41) is 2.85. The van der Waals surface area contributed by atoms with Crippen molar-refractivity contribution in [3.8, 4) is 16.2 Å². The van der Waals surface area contributed by atoms with Crippen LogP contribution in [0.25, 0.3) is 10.4 Å². The number of Topliss-reactive ketones (excluding diaryl/α,β-unsaturated/α-hetero) is 1. The van der Waals surface area contributed by atoms with E-state index < -0.39 is 0 Å². The van der Waals surface area contributed by atoms with Crippen molar-refractivity contribution in [1.82, 2.24) is 10.3 Å². The average molecular weight is 410 g/mol. The molecular formula is C22H19FN2O3S. The zero-order valence-corrected chi connectivity index (χ0v) is 16.8. The molecule has 0 fully saturated rings. The molecular weight excluding hydrogens is 391 g/mol. The molecule has 5 nitrogen and oxygen atoms in total. The highest BCUT2D eigenvalue weighted by Crippen LogP contribution is 2.42. The van der Waals surface area contributed by atoms with Gasteiger partial charge in [0.25, 0.3) is 5.91 Å². The molecule has 0 saturated heterocycles. The number of rotatable bonds is 5. The Kier molecular flexibility index (Phi) is 5.15. The van der Waals surface area contributed by atoms with Crippen molar-refractivity contribution >= 4 is 23.0 Å². The van der Waals surface area contributed by atoms with Crippen LogP contribution in [0.2, 0.25) is 0 Å². The Morgan fingerprint density at radius 1 is 1.28 bits per heavy atom. The molecule has 4 rings (SSSR count). The predicted molar refractivity (Wildman–Crippen MR) is 109 cm³/mol. The highest BCUT2D eigenvalue weighted by Gasteiger charge is 2.28. The molecule has 3 aromatic rings. The second-order valence-corrected chi connectivity index (χ2v) is 8.09. The van der Waals surface area contributed by atoms with Crippen LogP contribution in [-0.2, 0) is 6.42 Å². The number of carbonyl (C=O) groups is 2. The van der Waals surface area contributed by atoms with E-state index in [1.807, 2.05) is 6.92 Å². The van der Waals surface area contributed by atoms with Gasteiger partial charge in [0.1, 0.15) is 17.7 Å². The van der Waals surface area contributed by atoms with Crippen LogP contribution in [0.5, 0.6) is 5.75 Å². The van der Waals surface area contributed by atoms with Crippen molar-refractivity contribution < 1.29 is 18.7 Å². The van der Waals surface area contributed by atoms with Crippen LogP contribution in [0.15, 0.2) is 42.6 Å². The van der Waals surface area contributed by atoms with Crippen molar-refractivity contribution in [1.29, 1.82) is 0 Å². The van der Waals surface area contributed by atoms with Crippen molar-refractivity contribution in [2.45, 2.75) is 26.4 Å². The molecule has 1 amide bonds. The van der Waals surface area contributed by atoms with Crippen LogP contribution < -0.4 is 10.1 Å². The molecule has 1 N–H and O–H groups in total. The number of hydrogen-bond donors (Lipinski definition) is 1. The maximum atomic E-state index is 14.2. The van der Waals surface area contributed by atoms with Crippen molar-refractivity contribution in [3.05, 3.63) is 70.1 Å². The third-order valence-electron chi connectivity index (χ3n) is 4.75. The van der Waals surface area contributed by atoms with E-state index in [2.05, 4.69) is 10.3 Å². The second-order valence-electron chi connectivity index (χ2n) is 7.00. The van der Waals surface area contributed by atoms with Gasteiger partial charge in [0.15, 0.2) is 5.78 Å². The molecule has 1 aromatic carbocycles. The SMILES string of the molecule is CC(=O)c1ccc(-c2cc(F)cc3c2OC(CNC(=O)c2ccc(C)nc2)C3)s1. The summed E-state index contributed by atoms with van der Waals surface area (Å²) in [6, 6.07) is 9.93. The molecule has 0 bridgehead atoms. The molecule has 1 aliphatic heterocycles. The Morgan fingerprint density at radius 3 is 2.79 bits per heavy atom. The van der Waals surface area contributed by atoms with Gasteiger partial charge in [-0.05, 0) is 50.2 Å². The number of fused-ring (bicyclic) bond motifs is 1. The first-order valence-corrected chi connectivity index (χ1v) is 10.0. The van der Waals surface area contributed by atoms with Gasteiger partial charge in [-0.2, -0.15) is 0 Å². The van der Waals surface area contributed by atoms with Gasteiger partial charge in [-0.15, -0.1) is 11.3 Å². The number of nitrogens with zero attached hydrogens (tertiary/aromatic N) is 1. The van der Waals surface area contributed by atoms with Gasteiger partial charge >= 0.3 is 0 Å². The summed E-state index contributed by atoms with van der Waals surface area (Å²) >= 11 is 1.31. The van der Waals surface area contributed by atoms with Crippen molar-refractivity contribution in [3.63, 3.8) is 0 Å². The van der Waals surface area contributed by atoms with E-state index in [0.717, 1.165) is 16.1 Å². The number of ether oxygens (including phenoxy) is 1. The summed E-state index contributed by atoms with van der Waals surface area (Å²) in [7, 11) is 0.